The predicted molar refractivity (Wildman–Crippen MR) is 120 cm³/mol. The van der Waals surface area contributed by atoms with Crippen LogP contribution in [0.25, 0.3) is 22.0 Å². The Labute approximate surface area is 189 Å². The van der Waals surface area contributed by atoms with E-state index in [1.54, 1.807) is 50.5 Å². The molecule has 0 aliphatic carbocycles. The van der Waals surface area contributed by atoms with Gasteiger partial charge in [0.05, 0.1) is 30.0 Å². The maximum atomic E-state index is 13.7. The van der Waals surface area contributed by atoms with Crippen LogP contribution in [0.5, 0.6) is 5.75 Å². The Bertz CT molecular complexity index is 1370. The number of nitrogens with one attached hydrogen (secondary N) is 1. The number of ether oxygens (including phenoxy) is 1. The molecule has 1 heterocycles. The summed E-state index contributed by atoms with van der Waals surface area (Å²) in [6.07, 6.45) is 1.58. The van der Waals surface area contributed by atoms with Gasteiger partial charge in [-0.1, -0.05) is 6.07 Å². The highest BCUT2D eigenvalue weighted by molar-refractivity contribution is 5.96. The molecule has 4 rings (SSSR count). The van der Waals surface area contributed by atoms with E-state index in [4.69, 9.17) is 4.74 Å². The van der Waals surface area contributed by atoms with Crippen LogP contribution in [0.3, 0.4) is 0 Å². The lowest BCUT2D eigenvalue weighted by atomic mass is 10.0. The van der Waals surface area contributed by atoms with E-state index in [9.17, 15) is 18.8 Å². The Hall–Kier alpha value is -4.25. The summed E-state index contributed by atoms with van der Waals surface area (Å²) in [6.45, 7) is 2.39. The third-order valence-electron chi connectivity index (χ3n) is 5.28. The summed E-state index contributed by atoms with van der Waals surface area (Å²) in [5, 5.41) is 16.9. The first-order valence-electron chi connectivity index (χ1n) is 10.2. The number of nitriles is 1. The van der Waals surface area contributed by atoms with Crippen LogP contribution < -0.4 is 4.74 Å². The van der Waals surface area contributed by atoms with Crippen LogP contribution in [0, 0.1) is 23.0 Å². The number of amides is 1. The summed E-state index contributed by atoms with van der Waals surface area (Å²) in [5.41, 5.74) is 3.20. The monoisotopic (exact) mass is 446 g/mol. The summed E-state index contributed by atoms with van der Waals surface area (Å²) in [6, 6.07) is 13.6. The van der Waals surface area contributed by atoms with E-state index < -0.39 is 11.6 Å². The van der Waals surface area contributed by atoms with Crippen molar-refractivity contribution in [3.05, 3.63) is 83.1 Å². The lowest BCUT2D eigenvalue weighted by Crippen LogP contribution is -2.26. The van der Waals surface area contributed by atoms with Crippen LogP contribution in [-0.2, 0) is 6.54 Å². The molecule has 0 bridgehead atoms. The van der Waals surface area contributed by atoms with Gasteiger partial charge in [-0.05, 0) is 54.4 Å². The number of hydrogen-bond acceptors (Lipinski definition) is 4. The fourth-order valence-electron chi connectivity index (χ4n) is 3.75. The van der Waals surface area contributed by atoms with Gasteiger partial charge in [0.2, 0.25) is 0 Å². The Kier molecular flexibility index (Phi) is 6.05. The van der Waals surface area contributed by atoms with Crippen LogP contribution in [0.15, 0.2) is 54.7 Å². The maximum absolute atomic E-state index is 13.7. The molecule has 0 saturated heterocycles. The highest BCUT2D eigenvalue weighted by atomic mass is 19.1. The number of nitrogens with zero attached hydrogens (tertiary/aromatic N) is 3. The van der Waals surface area contributed by atoms with Gasteiger partial charge in [-0.3, -0.25) is 9.89 Å². The number of rotatable bonds is 6. The Morgan fingerprint density at radius 2 is 1.91 bits per heavy atom. The maximum Gasteiger partial charge on any atom is 0.254 e. The minimum absolute atomic E-state index is 0.259. The van der Waals surface area contributed by atoms with E-state index >= 15 is 0 Å². The lowest BCUT2D eigenvalue weighted by molar-refractivity contribution is 0.0785. The van der Waals surface area contributed by atoms with Gasteiger partial charge < -0.3 is 9.64 Å². The lowest BCUT2D eigenvalue weighted by Gasteiger charge is -2.19. The van der Waals surface area contributed by atoms with Crippen LogP contribution >= 0.6 is 0 Å². The zero-order valence-electron chi connectivity index (χ0n) is 18.0. The van der Waals surface area contributed by atoms with E-state index in [0.717, 1.165) is 11.6 Å². The summed E-state index contributed by atoms with van der Waals surface area (Å²) in [4.78, 5) is 14.7. The molecule has 0 radical (unpaired) electrons. The van der Waals surface area contributed by atoms with Crippen molar-refractivity contribution in [3.63, 3.8) is 0 Å². The Balaban J connectivity index is 1.63. The van der Waals surface area contributed by atoms with Crippen LogP contribution in [0.2, 0.25) is 0 Å². The summed E-state index contributed by atoms with van der Waals surface area (Å²) >= 11 is 0. The third kappa shape index (κ3) is 4.39. The summed E-state index contributed by atoms with van der Waals surface area (Å²) < 4.78 is 33.1. The number of carbonyl (C=O) groups is 1. The number of aromatic nitrogens is 2. The summed E-state index contributed by atoms with van der Waals surface area (Å²) in [5.74, 6) is -1.29. The molecule has 6 nitrogen and oxygen atoms in total. The minimum Gasteiger partial charge on any atom is -0.493 e. The first-order chi connectivity index (χ1) is 15.9. The molecular weight excluding hydrogens is 426 g/mol. The molecule has 1 N–H and O–H groups in total. The fourth-order valence-corrected chi connectivity index (χ4v) is 3.75. The minimum atomic E-state index is -0.695. The second kappa shape index (κ2) is 9.09. The zero-order chi connectivity index (χ0) is 23.5. The average Bonchev–Trinajstić information content (AvgIpc) is 3.29. The second-order valence-corrected chi connectivity index (χ2v) is 7.51. The topological polar surface area (TPSA) is 82.0 Å². The molecule has 0 unspecified atom stereocenters. The molecule has 166 valence electrons. The van der Waals surface area contributed by atoms with Crippen molar-refractivity contribution in [1.29, 1.82) is 5.26 Å². The van der Waals surface area contributed by atoms with Crippen molar-refractivity contribution >= 4 is 16.8 Å². The van der Waals surface area contributed by atoms with Crippen molar-refractivity contribution in [3.8, 4) is 22.9 Å². The summed E-state index contributed by atoms with van der Waals surface area (Å²) in [7, 11) is 1.67. The number of carbonyl (C=O) groups excluding carboxylic acids is 1. The fraction of sp³-hybridized carbons (Fsp3) is 0.160. The molecule has 1 aromatic heterocycles. The van der Waals surface area contributed by atoms with Crippen molar-refractivity contribution in [1.82, 2.24) is 15.1 Å². The number of hydrogen-bond donors (Lipinski definition) is 1. The van der Waals surface area contributed by atoms with Crippen molar-refractivity contribution < 1.29 is 18.3 Å². The van der Waals surface area contributed by atoms with E-state index in [0.29, 0.717) is 45.5 Å². The van der Waals surface area contributed by atoms with Gasteiger partial charge in [0.1, 0.15) is 17.4 Å². The molecule has 33 heavy (non-hydrogen) atoms. The van der Waals surface area contributed by atoms with E-state index in [1.807, 2.05) is 0 Å². The number of H-pyrrole nitrogens is 1. The van der Waals surface area contributed by atoms with Crippen molar-refractivity contribution in [2.45, 2.75) is 13.5 Å². The molecule has 3 aromatic carbocycles. The standard InChI is InChI=1S/C25H20F2N4O2/c1-3-33-23-10-15(6-7-21(23)18-8-19(26)11-20(27)9-18)25(32)31(2)14-17-5-4-16(12-28)22-13-29-30-24(17)22/h4-11,13H,3,14H2,1-2H3,(H,29,30). The molecule has 0 atom stereocenters. The SMILES string of the molecule is CCOc1cc(C(=O)N(C)Cc2ccc(C#N)c3cn[nH]c23)ccc1-c1cc(F)cc(F)c1. The second-order valence-electron chi connectivity index (χ2n) is 7.51. The number of halogens is 2. The van der Waals surface area contributed by atoms with Crippen LogP contribution in [0.1, 0.15) is 28.4 Å². The molecule has 0 aliphatic rings. The molecule has 0 fully saturated rings. The quantitative estimate of drug-likeness (QED) is 0.449. The highest BCUT2D eigenvalue weighted by Gasteiger charge is 2.18. The molecular formula is C25H20F2N4O2. The molecule has 0 saturated carbocycles. The largest absolute Gasteiger partial charge is 0.493 e. The molecule has 0 spiro atoms. The Morgan fingerprint density at radius 3 is 2.61 bits per heavy atom. The number of fused-ring (bicyclic) bond motifs is 1. The number of benzene rings is 3. The zero-order valence-corrected chi connectivity index (χ0v) is 18.0. The molecule has 0 aliphatic heterocycles. The smallest absolute Gasteiger partial charge is 0.254 e. The molecule has 4 aromatic rings. The molecule has 1 amide bonds. The number of aromatic amines is 1. The highest BCUT2D eigenvalue weighted by Crippen LogP contribution is 2.33. The van der Waals surface area contributed by atoms with Gasteiger partial charge in [-0.25, -0.2) is 8.78 Å². The van der Waals surface area contributed by atoms with Crippen LogP contribution in [0.4, 0.5) is 8.78 Å². The van der Waals surface area contributed by atoms with Gasteiger partial charge in [-0.2, -0.15) is 10.4 Å². The normalized spacial score (nSPS) is 10.8. The third-order valence-corrected chi connectivity index (χ3v) is 5.28. The van der Waals surface area contributed by atoms with Gasteiger partial charge in [0, 0.05) is 36.2 Å². The van der Waals surface area contributed by atoms with Gasteiger partial charge in [0.15, 0.2) is 0 Å². The predicted octanol–water partition coefficient (Wildman–Crippen LogP) is 5.05. The van der Waals surface area contributed by atoms with Crippen molar-refractivity contribution in [2.75, 3.05) is 13.7 Å². The van der Waals surface area contributed by atoms with Gasteiger partial charge >= 0.3 is 0 Å². The molecule has 8 heteroatoms. The van der Waals surface area contributed by atoms with Crippen LogP contribution in [-0.4, -0.2) is 34.7 Å². The van der Waals surface area contributed by atoms with E-state index in [1.165, 1.54) is 17.0 Å². The first-order valence-corrected chi connectivity index (χ1v) is 10.2. The van der Waals surface area contributed by atoms with Crippen molar-refractivity contribution in [2.24, 2.45) is 0 Å². The average molecular weight is 446 g/mol. The Morgan fingerprint density at radius 1 is 1.15 bits per heavy atom. The van der Waals surface area contributed by atoms with Gasteiger partial charge in [-0.15, -0.1) is 0 Å². The van der Waals surface area contributed by atoms with Gasteiger partial charge in [0.25, 0.3) is 5.91 Å². The van der Waals surface area contributed by atoms with E-state index in [2.05, 4.69) is 16.3 Å². The first kappa shape index (κ1) is 22.0. The van der Waals surface area contributed by atoms with E-state index in [-0.39, 0.29) is 12.5 Å².